The van der Waals surface area contributed by atoms with Crippen LogP contribution in [0.25, 0.3) is 0 Å². The molecule has 1 aromatic carbocycles. The van der Waals surface area contributed by atoms with E-state index in [-0.39, 0.29) is 18.2 Å². The number of unbranched alkanes of at least 4 members (excludes halogenated alkanes) is 5. The summed E-state index contributed by atoms with van der Waals surface area (Å²) in [5, 5.41) is 11.2. The maximum Gasteiger partial charge on any atom is 0.410 e. The van der Waals surface area contributed by atoms with Gasteiger partial charge >= 0.3 is 6.09 Å². The Kier molecular flexibility index (Phi) is 7.78. The predicted molar refractivity (Wildman–Crippen MR) is 112 cm³/mol. The van der Waals surface area contributed by atoms with Gasteiger partial charge in [-0.05, 0) is 44.1 Å². The molecule has 4 nitrogen and oxygen atoms in total. The van der Waals surface area contributed by atoms with Crippen molar-refractivity contribution in [2.24, 2.45) is 0 Å². The molecule has 1 amide bonds. The lowest BCUT2D eigenvalue weighted by molar-refractivity contribution is -0.0899. The second-order valence-electron chi connectivity index (χ2n) is 8.84. The first-order chi connectivity index (χ1) is 13.6. The summed E-state index contributed by atoms with van der Waals surface area (Å²) in [6.45, 7) is 2.55. The van der Waals surface area contributed by atoms with E-state index in [1.54, 1.807) is 0 Å². The number of nitrogens with zero attached hydrogens (tertiary/aromatic N) is 1. The van der Waals surface area contributed by atoms with Gasteiger partial charge in [0.05, 0.1) is 5.60 Å². The highest BCUT2D eigenvalue weighted by Crippen LogP contribution is 2.41. The van der Waals surface area contributed by atoms with Crippen molar-refractivity contribution < 1.29 is 14.6 Å². The van der Waals surface area contributed by atoms with Crippen molar-refractivity contribution in [3.05, 3.63) is 35.9 Å². The zero-order valence-corrected chi connectivity index (χ0v) is 17.4. The third kappa shape index (κ3) is 5.73. The summed E-state index contributed by atoms with van der Waals surface area (Å²) < 4.78 is 5.61. The summed E-state index contributed by atoms with van der Waals surface area (Å²) in [5.74, 6) is 0. The van der Waals surface area contributed by atoms with Gasteiger partial charge in [-0.15, -0.1) is 0 Å². The molecule has 1 N–H and O–H groups in total. The smallest absolute Gasteiger partial charge is 0.410 e. The van der Waals surface area contributed by atoms with Crippen molar-refractivity contribution in [2.45, 2.75) is 108 Å². The number of ether oxygens (including phenoxy) is 1. The third-order valence-electron chi connectivity index (χ3n) is 6.50. The van der Waals surface area contributed by atoms with Gasteiger partial charge < -0.3 is 14.7 Å². The Labute approximate surface area is 170 Å². The number of aliphatic hydroxyl groups is 1. The van der Waals surface area contributed by atoms with Gasteiger partial charge in [0.15, 0.2) is 0 Å². The predicted octanol–water partition coefficient (Wildman–Crippen LogP) is 5.82. The minimum Gasteiger partial charge on any atom is -0.445 e. The molecule has 2 bridgehead atoms. The molecule has 3 rings (SSSR count). The summed E-state index contributed by atoms with van der Waals surface area (Å²) >= 11 is 0. The van der Waals surface area contributed by atoms with Crippen LogP contribution in [0.2, 0.25) is 0 Å². The van der Waals surface area contributed by atoms with Crippen molar-refractivity contribution >= 4 is 6.09 Å². The van der Waals surface area contributed by atoms with Crippen LogP contribution in [0.4, 0.5) is 4.79 Å². The molecule has 0 spiro atoms. The van der Waals surface area contributed by atoms with E-state index >= 15 is 0 Å². The molecule has 0 radical (unpaired) electrons. The number of amides is 1. The molecule has 0 aliphatic carbocycles. The summed E-state index contributed by atoms with van der Waals surface area (Å²) in [5.41, 5.74) is 0.411. The first kappa shape index (κ1) is 21.2. The minimum absolute atomic E-state index is 0.126. The average molecular weight is 388 g/mol. The van der Waals surface area contributed by atoms with E-state index in [0.29, 0.717) is 19.4 Å². The molecule has 2 saturated heterocycles. The van der Waals surface area contributed by atoms with Gasteiger partial charge in [-0.1, -0.05) is 75.8 Å². The molecule has 2 atom stereocenters. The van der Waals surface area contributed by atoms with Gasteiger partial charge in [0, 0.05) is 12.1 Å². The van der Waals surface area contributed by atoms with Crippen LogP contribution in [0.3, 0.4) is 0 Å². The first-order valence-corrected chi connectivity index (χ1v) is 11.3. The highest BCUT2D eigenvalue weighted by atomic mass is 16.6. The van der Waals surface area contributed by atoms with E-state index in [2.05, 4.69) is 6.92 Å². The van der Waals surface area contributed by atoms with E-state index < -0.39 is 5.60 Å². The van der Waals surface area contributed by atoms with Crippen LogP contribution in [0.15, 0.2) is 30.3 Å². The van der Waals surface area contributed by atoms with E-state index in [9.17, 15) is 9.90 Å². The summed E-state index contributed by atoms with van der Waals surface area (Å²) in [4.78, 5) is 14.7. The molecule has 2 aliphatic heterocycles. The Bertz CT molecular complexity index is 589. The normalized spacial score (nSPS) is 26.9. The number of carbonyl (C=O) groups is 1. The molecule has 1 aromatic rings. The van der Waals surface area contributed by atoms with Crippen LogP contribution in [-0.4, -0.2) is 33.8 Å². The van der Waals surface area contributed by atoms with E-state index in [1.807, 2.05) is 35.2 Å². The molecule has 2 unspecified atom stereocenters. The molecular formula is C24H37NO3. The van der Waals surface area contributed by atoms with Crippen LogP contribution in [0, 0.1) is 0 Å². The number of rotatable bonds is 9. The monoisotopic (exact) mass is 387 g/mol. The summed E-state index contributed by atoms with van der Waals surface area (Å²) in [6, 6.07) is 10.1. The molecule has 2 fully saturated rings. The Morgan fingerprint density at radius 3 is 2.39 bits per heavy atom. The number of benzene rings is 1. The zero-order valence-electron chi connectivity index (χ0n) is 17.4. The first-order valence-electron chi connectivity index (χ1n) is 11.3. The summed E-state index contributed by atoms with van der Waals surface area (Å²) in [7, 11) is 0. The lowest BCUT2D eigenvalue weighted by Gasteiger charge is -2.51. The van der Waals surface area contributed by atoms with Gasteiger partial charge in [0.1, 0.15) is 6.61 Å². The fraction of sp³-hybridized carbons (Fsp3) is 0.708. The molecule has 28 heavy (non-hydrogen) atoms. The van der Waals surface area contributed by atoms with Crippen molar-refractivity contribution in [3.8, 4) is 0 Å². The average Bonchev–Trinajstić information content (AvgIpc) is 2.69. The number of fused-ring (bicyclic) bond motifs is 2. The molecule has 0 saturated carbocycles. The van der Waals surface area contributed by atoms with Gasteiger partial charge in [0.25, 0.3) is 0 Å². The quantitative estimate of drug-likeness (QED) is 0.543. The second kappa shape index (κ2) is 10.3. The maximum atomic E-state index is 12.8. The van der Waals surface area contributed by atoms with Crippen molar-refractivity contribution in [3.63, 3.8) is 0 Å². The Morgan fingerprint density at radius 1 is 1.07 bits per heavy atom. The number of hydrogen-bond acceptors (Lipinski definition) is 3. The van der Waals surface area contributed by atoms with Crippen molar-refractivity contribution in [1.82, 2.24) is 4.90 Å². The van der Waals surface area contributed by atoms with Crippen LogP contribution in [-0.2, 0) is 11.3 Å². The van der Waals surface area contributed by atoms with Crippen molar-refractivity contribution in [2.75, 3.05) is 0 Å². The van der Waals surface area contributed by atoms with Gasteiger partial charge in [0.2, 0.25) is 0 Å². The Hall–Kier alpha value is -1.55. The Balaban J connectivity index is 1.50. The molecule has 0 aromatic heterocycles. The lowest BCUT2D eigenvalue weighted by atomic mass is 9.73. The van der Waals surface area contributed by atoms with Gasteiger partial charge in [-0.25, -0.2) is 4.79 Å². The van der Waals surface area contributed by atoms with E-state index in [1.165, 1.54) is 32.1 Å². The van der Waals surface area contributed by atoms with Gasteiger partial charge in [-0.3, -0.25) is 0 Å². The minimum atomic E-state index is -0.600. The Morgan fingerprint density at radius 2 is 1.71 bits per heavy atom. The van der Waals surface area contributed by atoms with Crippen LogP contribution in [0.5, 0.6) is 0 Å². The summed E-state index contributed by atoms with van der Waals surface area (Å²) in [6.07, 6.45) is 12.7. The molecule has 4 heteroatoms. The van der Waals surface area contributed by atoms with Crippen LogP contribution < -0.4 is 0 Å². The van der Waals surface area contributed by atoms with E-state index in [0.717, 1.165) is 37.7 Å². The standard InChI is InChI=1S/C24H37NO3/c1-2-3-4-5-6-10-16-24(27)17-21-14-11-15-22(18-24)25(21)23(26)28-19-20-12-8-7-9-13-20/h7-9,12-13,21-22,27H,2-6,10-11,14-19H2,1H3. The highest BCUT2D eigenvalue weighted by molar-refractivity contribution is 5.69. The van der Waals surface area contributed by atoms with Crippen molar-refractivity contribution in [1.29, 1.82) is 0 Å². The fourth-order valence-corrected chi connectivity index (χ4v) is 5.06. The number of piperidine rings is 2. The van der Waals surface area contributed by atoms with Gasteiger partial charge in [-0.2, -0.15) is 0 Å². The maximum absolute atomic E-state index is 12.8. The molecular weight excluding hydrogens is 350 g/mol. The topological polar surface area (TPSA) is 49.8 Å². The molecule has 2 heterocycles. The number of hydrogen-bond donors (Lipinski definition) is 1. The third-order valence-corrected chi connectivity index (χ3v) is 6.50. The van der Waals surface area contributed by atoms with Crippen LogP contribution in [0.1, 0.15) is 89.5 Å². The molecule has 2 aliphatic rings. The second-order valence-corrected chi connectivity index (χ2v) is 8.84. The van der Waals surface area contributed by atoms with E-state index in [4.69, 9.17) is 4.74 Å². The SMILES string of the molecule is CCCCCCCCC1(O)CC2CCCC(C1)N2C(=O)OCc1ccccc1. The fourth-order valence-electron chi connectivity index (χ4n) is 5.06. The molecule has 156 valence electrons. The zero-order chi connectivity index (χ0) is 19.8. The largest absolute Gasteiger partial charge is 0.445 e. The van der Waals surface area contributed by atoms with Crippen LogP contribution >= 0.6 is 0 Å². The number of carbonyl (C=O) groups excluding carboxylic acids is 1. The highest BCUT2D eigenvalue weighted by Gasteiger charge is 2.47. The lowest BCUT2D eigenvalue weighted by Crippen LogP contribution is -2.59.